The molecule has 3 rings (SSSR count). The average molecular weight is 474 g/mol. The van der Waals surface area contributed by atoms with Crippen molar-refractivity contribution in [3.05, 3.63) is 28.2 Å². The molecule has 1 aromatic rings. The van der Waals surface area contributed by atoms with Crippen molar-refractivity contribution < 1.29 is 17.9 Å². The van der Waals surface area contributed by atoms with E-state index in [0.717, 1.165) is 32.5 Å². The SMILES string of the molecule is CC1CN(CC2CCN(C(=O)c3cc(S(N)(=O)=O)ccc3Br)CC2)CC(C)O1. The first-order valence-corrected chi connectivity index (χ1v) is 12.0. The standard InChI is InChI=1S/C19H28BrN3O4S/c1-13-10-22(11-14(2)27-13)12-15-5-7-23(8-6-15)19(24)17-9-16(28(21,25)26)3-4-18(17)20/h3-4,9,13-15H,5-8,10-12H2,1-2H3,(H2,21,25,26). The molecule has 0 aromatic heterocycles. The third kappa shape index (κ3) is 5.33. The molecule has 2 fully saturated rings. The second-order valence-electron chi connectivity index (χ2n) is 7.90. The summed E-state index contributed by atoms with van der Waals surface area (Å²) in [6.45, 7) is 8.50. The summed E-state index contributed by atoms with van der Waals surface area (Å²) in [6, 6.07) is 4.30. The predicted molar refractivity (Wildman–Crippen MR) is 111 cm³/mol. The molecule has 0 aliphatic carbocycles. The number of carbonyl (C=O) groups is 1. The summed E-state index contributed by atoms with van der Waals surface area (Å²) < 4.78 is 29.6. The number of rotatable bonds is 4. The van der Waals surface area contributed by atoms with Crippen LogP contribution in [0.1, 0.15) is 37.0 Å². The summed E-state index contributed by atoms with van der Waals surface area (Å²) in [5, 5.41) is 5.20. The number of piperidine rings is 1. The average Bonchev–Trinajstić information content (AvgIpc) is 2.60. The highest BCUT2D eigenvalue weighted by Crippen LogP contribution is 2.26. The zero-order chi connectivity index (χ0) is 20.5. The lowest BCUT2D eigenvalue weighted by atomic mass is 9.95. The van der Waals surface area contributed by atoms with Crippen LogP contribution in [0.15, 0.2) is 27.6 Å². The van der Waals surface area contributed by atoms with Crippen LogP contribution in [0, 0.1) is 5.92 Å². The molecule has 2 saturated heterocycles. The number of amides is 1. The molecule has 0 spiro atoms. The number of morpholine rings is 1. The molecule has 0 bridgehead atoms. The van der Waals surface area contributed by atoms with Crippen molar-refractivity contribution in [2.75, 3.05) is 32.7 Å². The van der Waals surface area contributed by atoms with E-state index in [1.807, 2.05) is 0 Å². The lowest BCUT2D eigenvalue weighted by molar-refractivity contribution is -0.0728. The highest BCUT2D eigenvalue weighted by Gasteiger charge is 2.29. The third-order valence-corrected chi connectivity index (χ3v) is 7.01. The number of ether oxygens (including phenoxy) is 1. The van der Waals surface area contributed by atoms with Crippen molar-refractivity contribution in [1.82, 2.24) is 9.80 Å². The van der Waals surface area contributed by atoms with Gasteiger partial charge in [-0.2, -0.15) is 0 Å². The van der Waals surface area contributed by atoms with Gasteiger partial charge in [0.1, 0.15) is 0 Å². The second kappa shape index (κ2) is 8.79. The van der Waals surface area contributed by atoms with Crippen LogP contribution in [0.4, 0.5) is 0 Å². The second-order valence-corrected chi connectivity index (χ2v) is 10.3. The zero-order valence-electron chi connectivity index (χ0n) is 16.3. The Balaban J connectivity index is 1.60. The number of primary sulfonamides is 1. The highest BCUT2D eigenvalue weighted by atomic mass is 79.9. The molecule has 2 atom stereocenters. The molecule has 2 unspecified atom stereocenters. The molecule has 2 N–H and O–H groups in total. The highest BCUT2D eigenvalue weighted by molar-refractivity contribution is 9.10. The van der Waals surface area contributed by atoms with Gasteiger partial charge in [0.25, 0.3) is 5.91 Å². The number of hydrogen-bond donors (Lipinski definition) is 1. The minimum Gasteiger partial charge on any atom is -0.373 e. The molecule has 9 heteroatoms. The fourth-order valence-electron chi connectivity index (χ4n) is 4.13. The molecule has 1 aromatic carbocycles. The maximum atomic E-state index is 12.9. The first kappa shape index (κ1) is 21.7. The van der Waals surface area contributed by atoms with E-state index in [0.29, 0.717) is 29.0 Å². The largest absolute Gasteiger partial charge is 0.373 e. The van der Waals surface area contributed by atoms with Crippen LogP contribution in [0.25, 0.3) is 0 Å². The van der Waals surface area contributed by atoms with Crippen molar-refractivity contribution in [2.45, 2.75) is 43.8 Å². The van der Waals surface area contributed by atoms with Gasteiger partial charge in [-0.25, -0.2) is 13.6 Å². The Hall–Kier alpha value is -1.00. The lowest BCUT2D eigenvalue weighted by Crippen LogP contribution is -2.48. The molecule has 2 heterocycles. The minimum atomic E-state index is -3.85. The smallest absolute Gasteiger partial charge is 0.255 e. The maximum Gasteiger partial charge on any atom is 0.255 e. The molecule has 2 aliphatic heterocycles. The van der Waals surface area contributed by atoms with Gasteiger partial charge in [-0.15, -0.1) is 0 Å². The van der Waals surface area contributed by atoms with Crippen LogP contribution in [0.2, 0.25) is 0 Å². The number of nitrogens with zero attached hydrogens (tertiary/aromatic N) is 2. The normalized spacial score (nSPS) is 25.1. The van der Waals surface area contributed by atoms with Gasteiger partial charge in [0.2, 0.25) is 10.0 Å². The van der Waals surface area contributed by atoms with Crippen molar-refractivity contribution in [1.29, 1.82) is 0 Å². The van der Waals surface area contributed by atoms with Gasteiger partial charge >= 0.3 is 0 Å². The number of likely N-dealkylation sites (tertiary alicyclic amines) is 1. The third-order valence-electron chi connectivity index (χ3n) is 5.41. The molecular formula is C19H28BrN3O4S. The predicted octanol–water partition coefficient (Wildman–Crippen LogP) is 2.06. The Kier molecular flexibility index (Phi) is 6.81. The number of carbonyl (C=O) groups excluding carboxylic acids is 1. The number of nitrogens with two attached hydrogens (primary N) is 1. The van der Waals surface area contributed by atoms with Gasteiger partial charge in [-0.05, 0) is 66.7 Å². The number of hydrogen-bond acceptors (Lipinski definition) is 5. The molecule has 0 saturated carbocycles. The van der Waals surface area contributed by atoms with E-state index in [1.165, 1.54) is 12.1 Å². The van der Waals surface area contributed by atoms with Crippen molar-refractivity contribution in [3.63, 3.8) is 0 Å². The van der Waals surface area contributed by atoms with Gasteiger partial charge < -0.3 is 9.64 Å². The van der Waals surface area contributed by atoms with E-state index in [-0.39, 0.29) is 23.0 Å². The lowest BCUT2D eigenvalue weighted by Gasteiger charge is -2.39. The van der Waals surface area contributed by atoms with Crippen molar-refractivity contribution >= 4 is 31.9 Å². The van der Waals surface area contributed by atoms with Crippen LogP contribution in [-0.2, 0) is 14.8 Å². The molecule has 1 amide bonds. The maximum absolute atomic E-state index is 12.9. The minimum absolute atomic E-state index is 0.0514. The van der Waals surface area contributed by atoms with E-state index in [4.69, 9.17) is 9.88 Å². The van der Waals surface area contributed by atoms with E-state index in [1.54, 1.807) is 11.0 Å². The van der Waals surface area contributed by atoms with E-state index in [2.05, 4.69) is 34.7 Å². The molecule has 0 radical (unpaired) electrons. The molecule has 7 nitrogen and oxygen atoms in total. The summed E-state index contributed by atoms with van der Waals surface area (Å²) in [6.07, 6.45) is 2.40. The van der Waals surface area contributed by atoms with Crippen LogP contribution in [0.5, 0.6) is 0 Å². The van der Waals surface area contributed by atoms with Gasteiger partial charge in [0.05, 0.1) is 22.7 Å². The molecular weight excluding hydrogens is 446 g/mol. The first-order valence-electron chi connectivity index (χ1n) is 9.63. The summed E-state index contributed by atoms with van der Waals surface area (Å²) >= 11 is 3.35. The van der Waals surface area contributed by atoms with Crippen LogP contribution in [0.3, 0.4) is 0 Å². The van der Waals surface area contributed by atoms with Crippen LogP contribution in [-0.4, -0.2) is 69.1 Å². The van der Waals surface area contributed by atoms with Gasteiger partial charge in [0, 0.05) is 37.2 Å². The molecule has 2 aliphatic rings. The Labute approximate surface area is 175 Å². The number of benzene rings is 1. The quantitative estimate of drug-likeness (QED) is 0.721. The first-order chi connectivity index (χ1) is 13.1. The van der Waals surface area contributed by atoms with Gasteiger partial charge in [-0.1, -0.05) is 0 Å². The summed E-state index contributed by atoms with van der Waals surface area (Å²) in [5.41, 5.74) is 0.334. The van der Waals surface area contributed by atoms with Gasteiger partial charge in [0.15, 0.2) is 0 Å². The Bertz CT molecular complexity index is 814. The zero-order valence-corrected chi connectivity index (χ0v) is 18.7. The van der Waals surface area contributed by atoms with Crippen molar-refractivity contribution in [3.8, 4) is 0 Å². The van der Waals surface area contributed by atoms with E-state index < -0.39 is 10.0 Å². The molecule has 28 heavy (non-hydrogen) atoms. The fourth-order valence-corrected chi connectivity index (χ4v) is 5.09. The number of halogens is 1. The van der Waals surface area contributed by atoms with Gasteiger partial charge in [-0.3, -0.25) is 9.69 Å². The topological polar surface area (TPSA) is 92.9 Å². The summed E-state index contributed by atoms with van der Waals surface area (Å²) in [4.78, 5) is 17.1. The Morgan fingerprint density at radius 3 is 2.39 bits per heavy atom. The van der Waals surface area contributed by atoms with Crippen LogP contribution >= 0.6 is 15.9 Å². The van der Waals surface area contributed by atoms with Crippen molar-refractivity contribution in [2.24, 2.45) is 11.1 Å². The molecule has 156 valence electrons. The summed E-state index contributed by atoms with van der Waals surface area (Å²) in [5.74, 6) is 0.394. The fraction of sp³-hybridized carbons (Fsp3) is 0.632. The van der Waals surface area contributed by atoms with E-state index in [9.17, 15) is 13.2 Å². The monoisotopic (exact) mass is 473 g/mol. The number of sulfonamides is 1. The van der Waals surface area contributed by atoms with Crippen LogP contribution < -0.4 is 5.14 Å². The summed E-state index contributed by atoms with van der Waals surface area (Å²) in [7, 11) is -3.85. The van der Waals surface area contributed by atoms with E-state index >= 15 is 0 Å². The Morgan fingerprint density at radius 2 is 1.82 bits per heavy atom. The Morgan fingerprint density at radius 1 is 1.21 bits per heavy atom.